The van der Waals surface area contributed by atoms with Gasteiger partial charge in [0.2, 0.25) is 0 Å². The summed E-state index contributed by atoms with van der Waals surface area (Å²) in [5.41, 5.74) is 0.710. The fourth-order valence-electron chi connectivity index (χ4n) is 1.90. The zero-order valence-electron chi connectivity index (χ0n) is 9.69. The Kier molecular flexibility index (Phi) is 3.91. The molecule has 0 amide bonds. The Morgan fingerprint density at radius 3 is 2.56 bits per heavy atom. The molecule has 2 rings (SSSR count). The Morgan fingerprint density at radius 1 is 1.19 bits per heavy atom. The monoisotopic (exact) mass is 221 g/mol. The molecule has 2 nitrogen and oxygen atoms in total. The third-order valence-corrected chi connectivity index (χ3v) is 3.07. The van der Waals surface area contributed by atoms with E-state index in [2.05, 4.69) is 16.8 Å². The molecule has 0 aliphatic carbocycles. The van der Waals surface area contributed by atoms with Gasteiger partial charge in [-0.05, 0) is 18.7 Å². The largest absolute Gasteiger partial charge is 0.304 e. The highest BCUT2D eigenvalue weighted by Crippen LogP contribution is 2.10. The van der Waals surface area contributed by atoms with Gasteiger partial charge in [0, 0.05) is 39.1 Å². The van der Waals surface area contributed by atoms with Gasteiger partial charge in [-0.2, -0.15) is 0 Å². The molecule has 1 aromatic carbocycles. The molecule has 0 unspecified atom stereocenters. The third-order valence-electron chi connectivity index (χ3n) is 3.07. The number of piperazine rings is 1. The maximum atomic E-state index is 13.3. The first-order valence-corrected chi connectivity index (χ1v) is 5.74. The van der Waals surface area contributed by atoms with Crippen molar-refractivity contribution in [3.8, 4) is 0 Å². The summed E-state index contributed by atoms with van der Waals surface area (Å²) in [5, 5.41) is 0. The summed E-state index contributed by atoms with van der Waals surface area (Å²) in [6.07, 6.45) is 1.97. The van der Waals surface area contributed by atoms with Crippen molar-refractivity contribution in [3.63, 3.8) is 0 Å². The van der Waals surface area contributed by atoms with Crippen molar-refractivity contribution in [1.29, 1.82) is 0 Å². The van der Waals surface area contributed by atoms with E-state index in [0.717, 1.165) is 32.7 Å². The lowest BCUT2D eigenvalue weighted by molar-refractivity contribution is 0.163. The number of halogens is 1. The summed E-state index contributed by atoms with van der Waals surface area (Å²) in [7, 11) is 2.14. The molecule has 1 radical (unpaired) electrons. The van der Waals surface area contributed by atoms with E-state index in [0.29, 0.717) is 5.56 Å². The second kappa shape index (κ2) is 5.41. The van der Waals surface area contributed by atoms with Gasteiger partial charge < -0.3 is 9.80 Å². The molecule has 1 aliphatic heterocycles. The molecular formula is C13H18FN2. The maximum absolute atomic E-state index is 13.3. The van der Waals surface area contributed by atoms with E-state index in [9.17, 15) is 4.39 Å². The van der Waals surface area contributed by atoms with Crippen LogP contribution in [0.1, 0.15) is 5.56 Å². The molecule has 1 saturated heterocycles. The molecule has 0 bridgehead atoms. The minimum Gasteiger partial charge on any atom is -0.304 e. The van der Waals surface area contributed by atoms with Gasteiger partial charge >= 0.3 is 0 Å². The summed E-state index contributed by atoms with van der Waals surface area (Å²) in [4.78, 5) is 4.67. The fraction of sp³-hybridized carbons (Fsp3) is 0.462. The normalized spacial score (nSPS) is 18.9. The minimum atomic E-state index is -0.128. The van der Waals surface area contributed by atoms with Gasteiger partial charge in [-0.1, -0.05) is 18.2 Å². The van der Waals surface area contributed by atoms with Crippen LogP contribution in [0.4, 0.5) is 4.39 Å². The number of likely N-dealkylation sites (N-methyl/N-ethyl adjacent to an activating group) is 1. The number of hydrogen-bond donors (Lipinski definition) is 0. The fourth-order valence-corrected chi connectivity index (χ4v) is 1.90. The molecule has 1 aromatic rings. The zero-order chi connectivity index (χ0) is 11.4. The highest BCUT2D eigenvalue weighted by atomic mass is 19.1. The minimum absolute atomic E-state index is 0.128. The van der Waals surface area contributed by atoms with E-state index in [4.69, 9.17) is 0 Å². The predicted molar refractivity (Wildman–Crippen MR) is 63.7 cm³/mol. The van der Waals surface area contributed by atoms with Crippen LogP contribution in [0, 0.1) is 12.2 Å². The summed E-state index contributed by atoms with van der Waals surface area (Å²) >= 11 is 0. The van der Waals surface area contributed by atoms with E-state index < -0.39 is 0 Å². The molecule has 0 spiro atoms. The lowest BCUT2D eigenvalue weighted by Crippen LogP contribution is -2.44. The van der Waals surface area contributed by atoms with Crippen molar-refractivity contribution in [3.05, 3.63) is 42.1 Å². The summed E-state index contributed by atoms with van der Waals surface area (Å²) < 4.78 is 13.3. The Labute approximate surface area is 96.7 Å². The van der Waals surface area contributed by atoms with Crippen molar-refractivity contribution in [2.45, 2.75) is 0 Å². The number of rotatable bonds is 3. The number of benzene rings is 1. The highest BCUT2D eigenvalue weighted by Gasteiger charge is 2.13. The molecule has 1 fully saturated rings. The van der Waals surface area contributed by atoms with Gasteiger partial charge in [0.25, 0.3) is 0 Å². The third kappa shape index (κ3) is 3.03. The molecule has 0 aromatic heterocycles. The number of nitrogens with zero attached hydrogens (tertiary/aromatic N) is 2. The van der Waals surface area contributed by atoms with Crippen LogP contribution in [0.3, 0.4) is 0 Å². The van der Waals surface area contributed by atoms with Crippen LogP contribution in [0.5, 0.6) is 0 Å². The highest BCUT2D eigenvalue weighted by molar-refractivity contribution is 5.24. The van der Waals surface area contributed by atoms with E-state index >= 15 is 0 Å². The molecule has 16 heavy (non-hydrogen) atoms. The standard InChI is InChI=1S/C13H18FN2/c1-15-8-10-16(11-9-15)7-6-12-4-2-3-5-13(12)14/h2-6H,7-11H2,1H3. The molecule has 3 heteroatoms. The quantitative estimate of drug-likeness (QED) is 0.765. The molecule has 0 N–H and O–H groups in total. The Hall–Kier alpha value is -0.930. The van der Waals surface area contributed by atoms with Crippen molar-refractivity contribution < 1.29 is 4.39 Å². The van der Waals surface area contributed by atoms with Gasteiger partial charge in [-0.3, -0.25) is 0 Å². The average Bonchev–Trinajstić information content (AvgIpc) is 2.30. The van der Waals surface area contributed by atoms with Crippen molar-refractivity contribution in [1.82, 2.24) is 9.80 Å². The predicted octanol–water partition coefficient (Wildman–Crippen LogP) is 1.63. The Morgan fingerprint density at radius 2 is 1.88 bits per heavy atom. The first-order valence-electron chi connectivity index (χ1n) is 5.74. The smallest absolute Gasteiger partial charge is 0.126 e. The van der Waals surface area contributed by atoms with Crippen molar-refractivity contribution in [2.24, 2.45) is 0 Å². The van der Waals surface area contributed by atoms with Gasteiger partial charge in [-0.25, -0.2) is 4.39 Å². The molecular weight excluding hydrogens is 203 g/mol. The van der Waals surface area contributed by atoms with Gasteiger partial charge in [-0.15, -0.1) is 0 Å². The van der Waals surface area contributed by atoms with Crippen LogP contribution >= 0.6 is 0 Å². The zero-order valence-corrected chi connectivity index (χ0v) is 9.69. The summed E-state index contributed by atoms with van der Waals surface area (Å²) in [6.45, 7) is 5.19. The Balaban J connectivity index is 1.81. The lowest BCUT2D eigenvalue weighted by Gasteiger charge is -2.32. The van der Waals surface area contributed by atoms with Crippen molar-refractivity contribution in [2.75, 3.05) is 39.8 Å². The topological polar surface area (TPSA) is 6.48 Å². The summed E-state index contributed by atoms with van der Waals surface area (Å²) in [5.74, 6) is -0.128. The maximum Gasteiger partial charge on any atom is 0.126 e. The van der Waals surface area contributed by atoms with Crippen LogP contribution in [0.2, 0.25) is 0 Å². The lowest BCUT2D eigenvalue weighted by atomic mass is 10.1. The van der Waals surface area contributed by atoms with Gasteiger partial charge in [0.1, 0.15) is 5.82 Å². The first kappa shape index (κ1) is 11.6. The van der Waals surface area contributed by atoms with E-state index in [1.165, 1.54) is 6.07 Å². The average molecular weight is 221 g/mol. The van der Waals surface area contributed by atoms with E-state index in [1.54, 1.807) is 6.07 Å². The summed E-state index contributed by atoms with van der Waals surface area (Å²) in [6, 6.07) is 6.93. The SMILES string of the molecule is CN1CCN(C[CH]c2ccccc2F)CC1. The van der Waals surface area contributed by atoms with Crippen LogP contribution in [0.15, 0.2) is 24.3 Å². The van der Waals surface area contributed by atoms with E-state index in [-0.39, 0.29) is 5.82 Å². The van der Waals surface area contributed by atoms with Crippen LogP contribution < -0.4 is 0 Å². The first-order chi connectivity index (χ1) is 7.75. The van der Waals surface area contributed by atoms with Crippen molar-refractivity contribution >= 4 is 0 Å². The molecule has 1 heterocycles. The van der Waals surface area contributed by atoms with Gasteiger partial charge in [0.05, 0.1) is 0 Å². The van der Waals surface area contributed by atoms with Crippen LogP contribution in [0.25, 0.3) is 0 Å². The molecule has 1 aliphatic rings. The van der Waals surface area contributed by atoms with E-state index in [1.807, 2.05) is 18.6 Å². The second-order valence-corrected chi connectivity index (χ2v) is 4.33. The van der Waals surface area contributed by atoms with Crippen LogP contribution in [-0.4, -0.2) is 49.6 Å². The molecule has 0 atom stereocenters. The number of hydrogen-bond acceptors (Lipinski definition) is 2. The van der Waals surface area contributed by atoms with Gasteiger partial charge in [0.15, 0.2) is 0 Å². The Bertz CT molecular complexity index is 332. The molecule has 0 saturated carbocycles. The van der Waals surface area contributed by atoms with Crippen LogP contribution in [-0.2, 0) is 0 Å². The second-order valence-electron chi connectivity index (χ2n) is 4.33. The molecule has 87 valence electrons.